The van der Waals surface area contributed by atoms with Crippen LogP contribution in [0.15, 0.2) is 24.3 Å². The number of rotatable bonds is 3. The summed E-state index contributed by atoms with van der Waals surface area (Å²) in [6.07, 6.45) is 1.63. The van der Waals surface area contributed by atoms with E-state index in [2.05, 4.69) is 5.32 Å². The minimum absolute atomic E-state index is 0.0644. The van der Waals surface area contributed by atoms with Gasteiger partial charge in [0.1, 0.15) is 6.04 Å². The second kappa shape index (κ2) is 7.44. The van der Waals surface area contributed by atoms with Gasteiger partial charge in [0.05, 0.1) is 6.54 Å². The molecular formula is C19H27N3O3. The van der Waals surface area contributed by atoms with Crippen LogP contribution in [0.3, 0.4) is 0 Å². The van der Waals surface area contributed by atoms with Crippen molar-refractivity contribution in [3.63, 3.8) is 0 Å². The fourth-order valence-electron chi connectivity index (χ4n) is 3.72. The van der Waals surface area contributed by atoms with E-state index in [1.54, 1.807) is 9.80 Å². The van der Waals surface area contributed by atoms with E-state index in [9.17, 15) is 14.7 Å². The van der Waals surface area contributed by atoms with Crippen molar-refractivity contribution >= 4 is 17.6 Å². The zero-order chi connectivity index (χ0) is 18.0. The molecule has 1 aromatic rings. The standard InChI is InChI=1S/C19H27N3O3/c1-3-13(2)17-18(24)20-16-7-5-4-6-15(16)11-22(17)19(25)21-9-8-14(10-21)12-23/h4-7,13-14,17,23H,3,8-12H2,1-2H3,(H,20,24)/t13-,14+,17-/m0/s1. The van der Waals surface area contributed by atoms with Crippen LogP contribution in [0.5, 0.6) is 0 Å². The minimum atomic E-state index is -0.488. The molecule has 1 fully saturated rings. The van der Waals surface area contributed by atoms with E-state index in [1.165, 1.54) is 0 Å². The maximum atomic E-state index is 13.2. The fourth-order valence-corrected chi connectivity index (χ4v) is 3.72. The summed E-state index contributed by atoms with van der Waals surface area (Å²) >= 11 is 0. The molecule has 1 aromatic carbocycles. The van der Waals surface area contributed by atoms with Gasteiger partial charge in [0.2, 0.25) is 5.91 Å². The van der Waals surface area contributed by atoms with Crippen molar-refractivity contribution in [1.82, 2.24) is 9.80 Å². The van der Waals surface area contributed by atoms with Crippen molar-refractivity contribution in [2.45, 2.75) is 39.3 Å². The molecule has 0 aromatic heterocycles. The monoisotopic (exact) mass is 345 g/mol. The van der Waals surface area contributed by atoms with Gasteiger partial charge < -0.3 is 20.2 Å². The Labute approximate surface area is 148 Å². The number of likely N-dealkylation sites (tertiary alicyclic amines) is 1. The smallest absolute Gasteiger partial charge is 0.321 e. The van der Waals surface area contributed by atoms with Gasteiger partial charge in [-0.05, 0) is 24.0 Å². The summed E-state index contributed by atoms with van der Waals surface area (Å²) in [7, 11) is 0. The summed E-state index contributed by atoms with van der Waals surface area (Å²) in [5.74, 6) is 0.0825. The molecule has 0 bridgehead atoms. The maximum absolute atomic E-state index is 13.2. The van der Waals surface area contributed by atoms with Crippen LogP contribution in [-0.4, -0.2) is 52.6 Å². The lowest BCUT2D eigenvalue weighted by Gasteiger charge is -2.35. The topological polar surface area (TPSA) is 72.9 Å². The number of fused-ring (bicyclic) bond motifs is 1. The van der Waals surface area contributed by atoms with Crippen molar-refractivity contribution in [1.29, 1.82) is 0 Å². The molecule has 6 nitrogen and oxygen atoms in total. The molecule has 2 aliphatic rings. The van der Waals surface area contributed by atoms with Crippen molar-refractivity contribution < 1.29 is 14.7 Å². The van der Waals surface area contributed by atoms with E-state index < -0.39 is 6.04 Å². The highest BCUT2D eigenvalue weighted by atomic mass is 16.3. The zero-order valence-corrected chi connectivity index (χ0v) is 14.9. The van der Waals surface area contributed by atoms with Crippen LogP contribution in [0.4, 0.5) is 10.5 Å². The van der Waals surface area contributed by atoms with Crippen molar-refractivity contribution in [3.8, 4) is 0 Å². The number of urea groups is 1. The molecule has 2 aliphatic heterocycles. The lowest BCUT2D eigenvalue weighted by Crippen LogP contribution is -2.53. The van der Waals surface area contributed by atoms with Crippen LogP contribution in [0.2, 0.25) is 0 Å². The van der Waals surface area contributed by atoms with Crippen LogP contribution in [-0.2, 0) is 11.3 Å². The lowest BCUT2D eigenvalue weighted by molar-refractivity contribution is -0.122. The third-order valence-corrected chi connectivity index (χ3v) is 5.46. The molecule has 3 atom stereocenters. The van der Waals surface area contributed by atoms with Crippen molar-refractivity contribution in [2.75, 3.05) is 25.0 Å². The van der Waals surface area contributed by atoms with Crippen molar-refractivity contribution in [3.05, 3.63) is 29.8 Å². The highest BCUT2D eigenvalue weighted by Crippen LogP contribution is 2.29. The number of para-hydroxylation sites is 1. The second-order valence-electron chi connectivity index (χ2n) is 7.17. The molecule has 0 saturated carbocycles. The largest absolute Gasteiger partial charge is 0.396 e. The summed E-state index contributed by atoms with van der Waals surface area (Å²) in [4.78, 5) is 29.5. The van der Waals surface area contributed by atoms with Gasteiger partial charge in [-0.25, -0.2) is 4.79 Å². The molecule has 6 heteroatoms. The van der Waals surface area contributed by atoms with Crippen LogP contribution in [0.1, 0.15) is 32.3 Å². The first-order chi connectivity index (χ1) is 12.0. The highest BCUT2D eigenvalue weighted by molar-refractivity contribution is 5.98. The summed E-state index contributed by atoms with van der Waals surface area (Å²) in [6, 6.07) is 7.06. The lowest BCUT2D eigenvalue weighted by atomic mass is 9.97. The molecule has 0 unspecified atom stereocenters. The number of amides is 3. The Bertz CT molecular complexity index is 649. The molecule has 3 rings (SSSR count). The van der Waals surface area contributed by atoms with Gasteiger partial charge in [0, 0.05) is 31.3 Å². The fraction of sp³-hybridized carbons (Fsp3) is 0.579. The molecule has 0 spiro atoms. The average Bonchev–Trinajstić information content (AvgIpc) is 3.05. The first-order valence-corrected chi connectivity index (χ1v) is 9.10. The van der Waals surface area contributed by atoms with Gasteiger partial charge in [-0.2, -0.15) is 0 Å². The van der Waals surface area contributed by atoms with E-state index in [0.29, 0.717) is 19.6 Å². The minimum Gasteiger partial charge on any atom is -0.396 e. The number of nitrogens with zero attached hydrogens (tertiary/aromatic N) is 2. The quantitative estimate of drug-likeness (QED) is 0.883. The molecule has 0 aliphatic carbocycles. The van der Waals surface area contributed by atoms with Gasteiger partial charge in [0.25, 0.3) is 0 Å². The van der Waals surface area contributed by atoms with Crippen LogP contribution in [0, 0.1) is 11.8 Å². The highest BCUT2D eigenvalue weighted by Gasteiger charge is 2.39. The number of anilines is 1. The Morgan fingerprint density at radius 3 is 2.84 bits per heavy atom. The van der Waals surface area contributed by atoms with E-state index in [-0.39, 0.29) is 30.4 Å². The van der Waals surface area contributed by atoms with Crippen LogP contribution in [0.25, 0.3) is 0 Å². The Morgan fingerprint density at radius 1 is 1.40 bits per heavy atom. The van der Waals surface area contributed by atoms with E-state index in [1.807, 2.05) is 38.1 Å². The predicted molar refractivity (Wildman–Crippen MR) is 96.0 cm³/mol. The number of benzene rings is 1. The van der Waals surface area contributed by atoms with Gasteiger partial charge in [-0.1, -0.05) is 38.5 Å². The van der Waals surface area contributed by atoms with Gasteiger partial charge in [0.15, 0.2) is 0 Å². The summed E-state index contributed by atoms with van der Waals surface area (Å²) in [6.45, 7) is 5.77. The molecule has 1 saturated heterocycles. The average molecular weight is 345 g/mol. The third kappa shape index (κ3) is 3.49. The molecule has 2 N–H and O–H groups in total. The van der Waals surface area contributed by atoms with Gasteiger partial charge >= 0.3 is 6.03 Å². The summed E-state index contributed by atoms with van der Waals surface area (Å²) in [5, 5.41) is 12.3. The van der Waals surface area contributed by atoms with Gasteiger partial charge in [-0.3, -0.25) is 4.79 Å². The molecule has 2 heterocycles. The molecular weight excluding hydrogens is 318 g/mol. The maximum Gasteiger partial charge on any atom is 0.321 e. The second-order valence-corrected chi connectivity index (χ2v) is 7.17. The molecule has 3 amide bonds. The van der Waals surface area contributed by atoms with E-state index in [0.717, 1.165) is 24.1 Å². The summed E-state index contributed by atoms with van der Waals surface area (Å²) < 4.78 is 0. The van der Waals surface area contributed by atoms with E-state index >= 15 is 0 Å². The molecule has 136 valence electrons. The van der Waals surface area contributed by atoms with Gasteiger partial charge in [-0.15, -0.1) is 0 Å². The van der Waals surface area contributed by atoms with E-state index in [4.69, 9.17) is 0 Å². The third-order valence-electron chi connectivity index (χ3n) is 5.46. The first-order valence-electron chi connectivity index (χ1n) is 9.10. The number of hydrogen-bond donors (Lipinski definition) is 2. The zero-order valence-electron chi connectivity index (χ0n) is 14.9. The Hall–Kier alpha value is -2.08. The Kier molecular flexibility index (Phi) is 5.27. The number of hydrogen-bond acceptors (Lipinski definition) is 3. The number of aliphatic hydroxyl groups is 1. The SMILES string of the molecule is CC[C@H](C)[C@H]1C(=O)Nc2ccccc2CN1C(=O)N1CC[C@@H](CO)C1. The Balaban J connectivity index is 1.91. The van der Waals surface area contributed by atoms with Crippen LogP contribution >= 0.6 is 0 Å². The number of aliphatic hydroxyl groups excluding tert-OH is 1. The van der Waals surface area contributed by atoms with Crippen LogP contribution < -0.4 is 5.32 Å². The number of carbonyl (C=O) groups excluding carboxylic acids is 2. The predicted octanol–water partition coefficient (Wildman–Crippen LogP) is 2.29. The van der Waals surface area contributed by atoms with Crippen molar-refractivity contribution in [2.24, 2.45) is 11.8 Å². The Morgan fingerprint density at radius 2 is 2.16 bits per heavy atom. The summed E-state index contributed by atoms with van der Waals surface area (Å²) in [5.41, 5.74) is 1.73. The number of carbonyl (C=O) groups is 2. The molecule has 0 radical (unpaired) electrons. The molecule has 25 heavy (non-hydrogen) atoms. The first kappa shape index (κ1) is 17.7. The number of nitrogens with one attached hydrogen (secondary N) is 1. The normalized spacial score (nSPS) is 24.5.